The van der Waals surface area contributed by atoms with Gasteiger partial charge in [0.15, 0.2) is 0 Å². The second-order valence-corrected chi connectivity index (χ2v) is 11.9. The lowest BCUT2D eigenvalue weighted by Gasteiger charge is -2.39. The van der Waals surface area contributed by atoms with E-state index in [9.17, 15) is 4.57 Å². The Labute approximate surface area is 203 Å². The molecule has 0 aromatic rings. The van der Waals surface area contributed by atoms with Gasteiger partial charge in [0.25, 0.3) is 8.53 Å². The molecule has 0 spiro atoms. The first-order valence-corrected chi connectivity index (χ1v) is 14.1. The van der Waals surface area contributed by atoms with Gasteiger partial charge in [0, 0.05) is 45.5 Å². The van der Waals surface area contributed by atoms with Gasteiger partial charge in [-0.15, -0.1) is 0 Å². The standard InChI is InChI=1S/C21H39N3O7P2/c1-15(2)24(16(3)4)32(28-14-10-22-6)30-20-9-12-27-21(20)18-7-13-29-33(25,23-18)31-19-8-11-26-17(19)5/h15-21H,7-14H2,1-5H3,(H,23,25)/t17-,18-,19+,20+,21-,32?,33-/m1/s1/i5D,11T,12T/t11-,12-,17+,18+,19-,20-,21+,32?,33+/m0. The van der Waals surface area contributed by atoms with Crippen molar-refractivity contribution in [2.75, 3.05) is 32.9 Å². The van der Waals surface area contributed by atoms with E-state index in [0.717, 1.165) is 0 Å². The maximum atomic E-state index is 13.5. The van der Waals surface area contributed by atoms with Gasteiger partial charge >= 0.3 is 7.75 Å². The average Bonchev–Trinajstić information content (AvgIpc) is 3.33. The molecule has 3 rings (SSSR count). The number of rotatable bonds is 11. The van der Waals surface area contributed by atoms with Crippen molar-refractivity contribution in [1.82, 2.24) is 9.76 Å². The Kier molecular flexibility index (Phi) is 8.94. The normalized spacial score (nSPS) is 41.8. The number of ether oxygens (including phenoxy) is 2. The van der Waals surface area contributed by atoms with Gasteiger partial charge in [-0.1, -0.05) is 0 Å². The highest BCUT2D eigenvalue weighted by Crippen LogP contribution is 2.52. The van der Waals surface area contributed by atoms with Gasteiger partial charge in [0.1, 0.15) is 12.7 Å². The maximum absolute atomic E-state index is 13.5. The highest BCUT2D eigenvalue weighted by Gasteiger charge is 2.46. The molecule has 3 aliphatic rings. The summed E-state index contributed by atoms with van der Waals surface area (Å²) in [4.78, 5) is 3.37. The van der Waals surface area contributed by atoms with Crippen molar-refractivity contribution in [3.63, 3.8) is 0 Å². The van der Waals surface area contributed by atoms with Gasteiger partial charge in [0.05, 0.1) is 27.7 Å². The Morgan fingerprint density at radius 3 is 2.70 bits per heavy atom. The Morgan fingerprint density at radius 1 is 1.27 bits per heavy atom. The minimum absolute atomic E-state index is 0.106. The van der Waals surface area contributed by atoms with Gasteiger partial charge in [-0.25, -0.2) is 20.9 Å². The summed E-state index contributed by atoms with van der Waals surface area (Å²) in [6, 6.07) is -0.197. The number of nitrogens with zero attached hydrogens (tertiary/aromatic N) is 2. The fourth-order valence-electron chi connectivity index (χ4n) is 4.05. The minimum atomic E-state index is -3.76. The molecule has 0 aromatic heterocycles. The van der Waals surface area contributed by atoms with E-state index >= 15 is 0 Å². The fourth-order valence-corrected chi connectivity index (χ4v) is 7.59. The van der Waals surface area contributed by atoms with Crippen LogP contribution in [0.15, 0.2) is 0 Å². The lowest BCUT2D eigenvalue weighted by atomic mass is 10.0. The lowest BCUT2D eigenvalue weighted by Crippen LogP contribution is -2.48. The first-order chi connectivity index (χ1) is 17.1. The summed E-state index contributed by atoms with van der Waals surface area (Å²) in [5, 5.41) is 2.97. The Bertz CT molecular complexity index is 788. The van der Waals surface area contributed by atoms with Crippen molar-refractivity contribution >= 4 is 16.3 Å². The minimum Gasteiger partial charge on any atom is -0.376 e. The predicted molar refractivity (Wildman–Crippen MR) is 126 cm³/mol. The molecule has 3 heterocycles. The van der Waals surface area contributed by atoms with Crippen molar-refractivity contribution in [2.45, 2.75) is 96.4 Å². The zero-order valence-electron chi connectivity index (χ0n) is 22.8. The second kappa shape index (κ2) is 12.7. The Morgan fingerprint density at radius 2 is 2.00 bits per heavy atom. The summed E-state index contributed by atoms with van der Waals surface area (Å²) in [6.45, 7) is 14.2. The number of nitrogens with one attached hydrogen (secondary N) is 1. The van der Waals surface area contributed by atoms with Crippen LogP contribution in [0.4, 0.5) is 0 Å². The largest absolute Gasteiger partial charge is 0.406 e. The fraction of sp³-hybridized carbons (Fsp3) is 0.952. The van der Waals surface area contributed by atoms with Crippen LogP contribution in [0.25, 0.3) is 4.85 Å². The zero-order chi connectivity index (χ0) is 26.5. The molecule has 33 heavy (non-hydrogen) atoms. The zero-order valence-corrected chi connectivity index (χ0v) is 21.6. The van der Waals surface area contributed by atoms with E-state index in [1.165, 1.54) is 0 Å². The molecule has 0 aliphatic carbocycles. The summed E-state index contributed by atoms with van der Waals surface area (Å²) in [5.41, 5.74) is 0. The average molecular weight is 513 g/mol. The molecular weight excluding hydrogens is 468 g/mol. The summed E-state index contributed by atoms with van der Waals surface area (Å²) < 4.78 is 74.3. The van der Waals surface area contributed by atoms with Crippen LogP contribution in [-0.4, -0.2) is 80.1 Å². The molecule has 0 radical (unpaired) electrons. The molecular formula is C21H39N3O7P2. The summed E-state index contributed by atoms with van der Waals surface area (Å²) in [6.07, 6.45) is -1.41. The van der Waals surface area contributed by atoms with Gasteiger partial charge in [-0.05, 0) is 41.0 Å². The van der Waals surface area contributed by atoms with Crippen molar-refractivity contribution in [2.24, 2.45) is 0 Å². The van der Waals surface area contributed by atoms with Crippen LogP contribution in [0.3, 0.4) is 0 Å². The molecule has 0 amide bonds. The van der Waals surface area contributed by atoms with Crippen molar-refractivity contribution < 1.29 is 36.2 Å². The van der Waals surface area contributed by atoms with E-state index in [-0.39, 0.29) is 45.2 Å². The number of hydrogen-bond donors (Lipinski definition) is 1. The second-order valence-electron chi connectivity index (χ2n) is 8.74. The van der Waals surface area contributed by atoms with Crippen LogP contribution >= 0.6 is 16.3 Å². The third-order valence-electron chi connectivity index (χ3n) is 5.52. The van der Waals surface area contributed by atoms with Gasteiger partial charge in [-0.2, -0.15) is 0 Å². The predicted octanol–water partition coefficient (Wildman–Crippen LogP) is 4.12. The van der Waals surface area contributed by atoms with Gasteiger partial charge in [-0.3, -0.25) is 9.05 Å². The first-order valence-electron chi connectivity index (χ1n) is 13.3. The summed E-state index contributed by atoms with van der Waals surface area (Å²) >= 11 is 0. The molecule has 12 heteroatoms. The van der Waals surface area contributed by atoms with Gasteiger partial charge < -0.3 is 23.4 Å². The van der Waals surface area contributed by atoms with Crippen molar-refractivity contribution in [3.8, 4) is 0 Å². The van der Waals surface area contributed by atoms with Crippen LogP contribution < -0.4 is 5.09 Å². The van der Waals surface area contributed by atoms with Crippen LogP contribution in [-0.2, 0) is 32.1 Å². The topological polar surface area (TPSA) is 92.1 Å². The summed E-state index contributed by atoms with van der Waals surface area (Å²) in [5.74, 6) is 0. The van der Waals surface area contributed by atoms with Gasteiger partial charge in [0.2, 0.25) is 6.54 Å². The maximum Gasteiger partial charge on any atom is 0.406 e. The SMILES string of the molecule is [2H]C[C@H]1O[C@@H]([3H])C[C@@H]1O[P@@]1(=O)N[C@@H]([C@H]2O[C@@H]([3H])C[C@@H]2OP(OCC[N+]#[C-])N(C(C)C)C(C)C)CCO1. The molecule has 190 valence electrons. The van der Waals surface area contributed by atoms with Crippen LogP contribution in [0.2, 0.25) is 0 Å². The van der Waals surface area contributed by atoms with Crippen molar-refractivity contribution in [1.29, 1.82) is 0 Å². The van der Waals surface area contributed by atoms with Crippen LogP contribution in [0.1, 0.15) is 58.0 Å². The Hall–Kier alpha value is -0.170. The van der Waals surface area contributed by atoms with E-state index in [4.69, 9.17) is 38.3 Å². The highest BCUT2D eigenvalue weighted by molar-refractivity contribution is 7.51. The quantitative estimate of drug-likeness (QED) is 0.249. The smallest absolute Gasteiger partial charge is 0.376 e. The van der Waals surface area contributed by atoms with E-state index in [1.807, 2.05) is 0 Å². The van der Waals surface area contributed by atoms with Crippen LogP contribution in [0, 0.1) is 6.57 Å². The lowest BCUT2D eigenvalue weighted by molar-refractivity contribution is 0.00315. The molecule has 0 saturated carbocycles. The monoisotopic (exact) mass is 512 g/mol. The molecule has 10 nitrogen and oxygen atoms in total. The molecule has 1 unspecified atom stereocenters. The van der Waals surface area contributed by atoms with E-state index in [0.29, 0.717) is 12.8 Å². The van der Waals surface area contributed by atoms with E-state index in [1.54, 1.807) is 0 Å². The molecule has 3 fully saturated rings. The molecule has 0 aromatic carbocycles. The molecule has 3 aliphatic heterocycles. The van der Waals surface area contributed by atoms with E-state index < -0.39 is 59.9 Å². The third kappa shape index (κ3) is 7.41. The first kappa shape index (κ1) is 23.2. The molecule has 3 saturated heterocycles. The highest BCUT2D eigenvalue weighted by atomic mass is 31.2. The summed E-state index contributed by atoms with van der Waals surface area (Å²) in [7, 11) is -5.30. The molecule has 1 N–H and O–H groups in total. The number of hydrogen-bond acceptors (Lipinski definition) is 8. The Balaban J connectivity index is 1.72. The van der Waals surface area contributed by atoms with Crippen molar-refractivity contribution in [3.05, 3.63) is 11.4 Å². The third-order valence-corrected chi connectivity index (χ3v) is 9.40. The molecule has 9 atom stereocenters. The van der Waals surface area contributed by atoms with Crippen LogP contribution in [0.5, 0.6) is 0 Å². The van der Waals surface area contributed by atoms with E-state index in [2.05, 4.69) is 42.3 Å². The molecule has 0 bridgehead atoms.